The molecule has 0 aliphatic carbocycles. The first-order chi connectivity index (χ1) is 7.09. The SMILES string of the molecule is CC1=CP(=S)(Cc2ccccc2)C=C1C. The maximum atomic E-state index is 5.76. The van der Waals surface area contributed by atoms with E-state index < -0.39 is 6.04 Å². The van der Waals surface area contributed by atoms with Crippen LogP contribution in [-0.2, 0) is 18.0 Å². The van der Waals surface area contributed by atoms with Gasteiger partial charge in [-0.2, -0.15) is 0 Å². The number of benzene rings is 1. The molecule has 15 heavy (non-hydrogen) atoms. The van der Waals surface area contributed by atoms with Crippen LogP contribution in [-0.4, -0.2) is 0 Å². The van der Waals surface area contributed by atoms with Gasteiger partial charge in [-0.3, -0.25) is 0 Å². The molecule has 0 saturated carbocycles. The third-order valence-corrected chi connectivity index (χ3v) is 6.25. The summed E-state index contributed by atoms with van der Waals surface area (Å²) in [6, 6.07) is 9.15. The Balaban J connectivity index is 2.25. The zero-order valence-electron chi connectivity index (χ0n) is 9.10. The predicted octanol–water partition coefficient (Wildman–Crippen LogP) is 4.49. The zero-order valence-corrected chi connectivity index (χ0v) is 10.8. The highest BCUT2D eigenvalue weighted by atomic mass is 32.4. The summed E-state index contributed by atoms with van der Waals surface area (Å²) in [4.78, 5) is 0. The summed E-state index contributed by atoms with van der Waals surface area (Å²) in [6.07, 6.45) is 1.03. The van der Waals surface area contributed by atoms with Gasteiger partial charge in [-0.15, -0.1) is 0 Å². The van der Waals surface area contributed by atoms with Crippen LogP contribution in [0.5, 0.6) is 0 Å². The van der Waals surface area contributed by atoms with Crippen LogP contribution in [0.15, 0.2) is 53.1 Å². The molecule has 0 saturated heterocycles. The molecule has 2 heteroatoms. The van der Waals surface area contributed by atoms with Gasteiger partial charge in [0.2, 0.25) is 0 Å². The number of hydrogen-bond donors (Lipinski definition) is 0. The van der Waals surface area contributed by atoms with Crippen molar-refractivity contribution in [3.8, 4) is 0 Å². The average Bonchev–Trinajstić information content (AvgIpc) is 2.42. The van der Waals surface area contributed by atoms with Gasteiger partial charge in [-0.25, -0.2) is 0 Å². The topological polar surface area (TPSA) is 0 Å². The summed E-state index contributed by atoms with van der Waals surface area (Å²) in [5.74, 6) is 4.62. The van der Waals surface area contributed by atoms with E-state index in [2.05, 4.69) is 55.8 Å². The Kier molecular flexibility index (Phi) is 2.95. The molecule has 78 valence electrons. The molecule has 1 heterocycles. The molecule has 2 rings (SSSR count). The van der Waals surface area contributed by atoms with Gasteiger partial charge >= 0.3 is 0 Å². The van der Waals surface area contributed by atoms with Crippen LogP contribution < -0.4 is 0 Å². The van der Waals surface area contributed by atoms with Gasteiger partial charge in [-0.05, 0) is 42.2 Å². The Morgan fingerprint density at radius 2 is 1.53 bits per heavy atom. The lowest BCUT2D eigenvalue weighted by Crippen LogP contribution is -1.81. The molecule has 1 aliphatic rings. The molecule has 0 fully saturated rings. The molecule has 0 spiro atoms. The van der Waals surface area contributed by atoms with Crippen LogP contribution in [0.2, 0.25) is 0 Å². The Hall–Kier alpha value is -0.650. The van der Waals surface area contributed by atoms with Gasteiger partial charge in [0, 0.05) is 12.2 Å². The summed E-state index contributed by atoms with van der Waals surface area (Å²) >= 11 is 5.76. The van der Waals surface area contributed by atoms with Gasteiger partial charge in [0.1, 0.15) is 0 Å². The maximum Gasteiger partial charge on any atom is 0.00833 e. The van der Waals surface area contributed by atoms with Crippen LogP contribution in [0, 0.1) is 0 Å². The molecule has 1 aromatic rings. The van der Waals surface area contributed by atoms with Crippen molar-refractivity contribution >= 4 is 17.8 Å². The quantitative estimate of drug-likeness (QED) is 0.679. The van der Waals surface area contributed by atoms with Crippen molar-refractivity contribution in [2.24, 2.45) is 0 Å². The Morgan fingerprint density at radius 1 is 1.00 bits per heavy atom. The summed E-state index contributed by atoms with van der Waals surface area (Å²) in [6.45, 7) is 4.32. The molecule has 0 radical (unpaired) electrons. The third kappa shape index (κ3) is 2.48. The van der Waals surface area contributed by atoms with E-state index in [1.54, 1.807) is 0 Å². The minimum atomic E-state index is -1.39. The van der Waals surface area contributed by atoms with Gasteiger partial charge in [-0.1, -0.05) is 42.1 Å². The van der Waals surface area contributed by atoms with Crippen LogP contribution in [0.3, 0.4) is 0 Å². The molecule has 0 bridgehead atoms. The smallest absolute Gasteiger partial charge is 0.00833 e. The van der Waals surface area contributed by atoms with E-state index in [-0.39, 0.29) is 0 Å². The summed E-state index contributed by atoms with van der Waals surface area (Å²) in [7, 11) is 0. The van der Waals surface area contributed by atoms with Crippen molar-refractivity contribution in [1.82, 2.24) is 0 Å². The first kappa shape index (κ1) is 10.9. The maximum absolute atomic E-state index is 5.76. The highest BCUT2D eigenvalue weighted by Gasteiger charge is 2.18. The fourth-order valence-corrected chi connectivity index (χ4v) is 6.01. The molecule has 0 aromatic heterocycles. The van der Waals surface area contributed by atoms with Gasteiger partial charge < -0.3 is 0 Å². The fraction of sp³-hybridized carbons (Fsp3) is 0.231. The van der Waals surface area contributed by atoms with E-state index in [0.29, 0.717) is 0 Å². The number of hydrogen-bond acceptors (Lipinski definition) is 1. The van der Waals surface area contributed by atoms with Crippen LogP contribution in [0.4, 0.5) is 0 Å². The van der Waals surface area contributed by atoms with Gasteiger partial charge in [0.15, 0.2) is 0 Å². The van der Waals surface area contributed by atoms with E-state index in [4.69, 9.17) is 11.8 Å². The number of rotatable bonds is 2. The van der Waals surface area contributed by atoms with Crippen molar-refractivity contribution in [2.75, 3.05) is 0 Å². The predicted molar refractivity (Wildman–Crippen MR) is 71.9 cm³/mol. The van der Waals surface area contributed by atoms with E-state index in [1.165, 1.54) is 16.7 Å². The molecule has 0 unspecified atom stereocenters. The molecule has 1 aliphatic heterocycles. The highest BCUT2D eigenvalue weighted by molar-refractivity contribution is 8.17. The van der Waals surface area contributed by atoms with Crippen molar-refractivity contribution in [2.45, 2.75) is 20.0 Å². The second-order valence-electron chi connectivity index (χ2n) is 4.12. The van der Waals surface area contributed by atoms with E-state index in [1.807, 2.05) is 0 Å². The van der Waals surface area contributed by atoms with Gasteiger partial charge in [0.05, 0.1) is 0 Å². The van der Waals surface area contributed by atoms with Crippen molar-refractivity contribution in [3.05, 3.63) is 58.7 Å². The Labute approximate surface area is 96.7 Å². The third-order valence-electron chi connectivity index (χ3n) is 2.72. The fourth-order valence-electron chi connectivity index (χ4n) is 1.86. The normalized spacial score (nSPS) is 18.5. The molecule has 0 atom stereocenters. The van der Waals surface area contributed by atoms with E-state index in [9.17, 15) is 0 Å². The Morgan fingerprint density at radius 3 is 2.07 bits per heavy atom. The average molecular weight is 234 g/mol. The zero-order chi connectivity index (χ0) is 10.9. The second kappa shape index (κ2) is 4.08. The second-order valence-corrected chi connectivity index (χ2v) is 8.70. The minimum Gasteiger partial charge on any atom is -0.0885 e. The highest BCUT2D eigenvalue weighted by Crippen LogP contribution is 2.58. The summed E-state index contributed by atoms with van der Waals surface area (Å²) in [5, 5.41) is 0. The van der Waals surface area contributed by atoms with Crippen LogP contribution in [0.25, 0.3) is 0 Å². The molecule has 0 N–H and O–H groups in total. The number of allylic oxidation sites excluding steroid dienone is 2. The molecular weight excluding hydrogens is 219 g/mol. The lowest BCUT2D eigenvalue weighted by molar-refractivity contribution is 1.39. The monoisotopic (exact) mass is 234 g/mol. The van der Waals surface area contributed by atoms with E-state index in [0.717, 1.165) is 6.16 Å². The largest absolute Gasteiger partial charge is 0.0885 e. The molecule has 0 amide bonds. The minimum absolute atomic E-state index is 1.03. The van der Waals surface area contributed by atoms with Crippen LogP contribution in [0.1, 0.15) is 19.4 Å². The van der Waals surface area contributed by atoms with Crippen molar-refractivity contribution < 1.29 is 0 Å². The van der Waals surface area contributed by atoms with Crippen LogP contribution >= 0.6 is 6.04 Å². The Bertz CT molecular complexity index is 447. The molecule has 1 aromatic carbocycles. The van der Waals surface area contributed by atoms with Crippen molar-refractivity contribution in [1.29, 1.82) is 0 Å². The molecular formula is C13H15PS. The van der Waals surface area contributed by atoms with Crippen molar-refractivity contribution in [3.63, 3.8) is 0 Å². The summed E-state index contributed by atoms with van der Waals surface area (Å²) in [5.41, 5.74) is 4.10. The lowest BCUT2D eigenvalue weighted by atomic mass is 10.2. The van der Waals surface area contributed by atoms with E-state index >= 15 is 0 Å². The first-order valence-electron chi connectivity index (χ1n) is 5.11. The lowest BCUT2D eigenvalue weighted by Gasteiger charge is -2.10. The first-order valence-corrected chi connectivity index (χ1v) is 8.23. The van der Waals surface area contributed by atoms with Gasteiger partial charge in [0.25, 0.3) is 0 Å². The standard InChI is InChI=1S/C13H15PS/c1-11-8-14(15,9-12(11)2)10-13-6-4-3-5-7-13/h3-9H,10H2,1-2H3. The summed E-state index contributed by atoms with van der Waals surface area (Å²) < 4.78 is 0. The molecule has 0 nitrogen and oxygen atoms in total.